The molecule has 2 aromatic carbocycles. The number of hydrogen-bond donors (Lipinski definition) is 0. The number of halogens is 2. The van der Waals surface area contributed by atoms with E-state index in [2.05, 4.69) is 0 Å². The summed E-state index contributed by atoms with van der Waals surface area (Å²) in [6.45, 7) is 1.67. The average molecular weight is 377 g/mol. The molecule has 128 valence electrons. The van der Waals surface area contributed by atoms with Crippen LogP contribution in [0.4, 0.5) is 4.79 Å². The van der Waals surface area contributed by atoms with Gasteiger partial charge in [-0.15, -0.1) is 0 Å². The van der Waals surface area contributed by atoms with Gasteiger partial charge in [0.2, 0.25) is 0 Å². The molecule has 25 heavy (non-hydrogen) atoms. The van der Waals surface area contributed by atoms with Crippen molar-refractivity contribution in [2.75, 3.05) is 0 Å². The first-order valence-corrected chi connectivity index (χ1v) is 8.33. The van der Waals surface area contributed by atoms with Crippen molar-refractivity contribution in [2.24, 2.45) is 0 Å². The van der Waals surface area contributed by atoms with Gasteiger partial charge in [0.05, 0.1) is 22.6 Å². The van der Waals surface area contributed by atoms with Gasteiger partial charge in [-0.25, -0.2) is 9.69 Å². The first kappa shape index (κ1) is 17.5. The second kappa shape index (κ2) is 6.86. The maximum absolute atomic E-state index is 12.6. The molecule has 1 saturated heterocycles. The number of amides is 4. The summed E-state index contributed by atoms with van der Waals surface area (Å²) in [6, 6.07) is 12.7. The molecule has 0 spiro atoms. The standard InChI is InChI=1S/C18H14Cl2N2O3/c1-11(13-5-3-2-4-6-13)22-17(24)16(23)21(18(22)25)10-12-7-8-14(19)15(20)9-12/h2-9,11H,10H2,1H3. The summed E-state index contributed by atoms with van der Waals surface area (Å²) in [7, 11) is 0. The highest BCUT2D eigenvalue weighted by molar-refractivity contribution is 6.44. The first-order valence-electron chi connectivity index (χ1n) is 7.58. The van der Waals surface area contributed by atoms with E-state index in [0.29, 0.717) is 15.6 Å². The van der Waals surface area contributed by atoms with Crippen LogP contribution >= 0.6 is 23.2 Å². The number of rotatable bonds is 4. The average Bonchev–Trinajstić information content (AvgIpc) is 2.82. The third-order valence-corrected chi connectivity index (χ3v) is 4.82. The van der Waals surface area contributed by atoms with Crippen LogP contribution in [0.5, 0.6) is 0 Å². The first-order chi connectivity index (χ1) is 11.9. The van der Waals surface area contributed by atoms with Gasteiger partial charge in [0.1, 0.15) is 0 Å². The van der Waals surface area contributed by atoms with Gasteiger partial charge in [0, 0.05) is 0 Å². The van der Waals surface area contributed by atoms with Crippen LogP contribution in [0.25, 0.3) is 0 Å². The fraction of sp³-hybridized carbons (Fsp3) is 0.167. The molecule has 1 aliphatic rings. The number of carbonyl (C=O) groups excluding carboxylic acids is 3. The maximum atomic E-state index is 12.6. The summed E-state index contributed by atoms with van der Waals surface area (Å²) in [5, 5.41) is 0.694. The molecule has 1 aliphatic heterocycles. The molecule has 0 aromatic heterocycles. The summed E-state index contributed by atoms with van der Waals surface area (Å²) in [6.07, 6.45) is 0. The number of hydrogen-bond acceptors (Lipinski definition) is 3. The Balaban J connectivity index is 1.85. The Hall–Kier alpha value is -2.37. The van der Waals surface area contributed by atoms with Crippen LogP contribution in [-0.2, 0) is 16.1 Å². The van der Waals surface area contributed by atoms with Crippen LogP contribution in [0.1, 0.15) is 24.1 Å². The van der Waals surface area contributed by atoms with Crippen molar-refractivity contribution in [2.45, 2.75) is 19.5 Å². The topological polar surface area (TPSA) is 57.7 Å². The fourth-order valence-corrected chi connectivity index (χ4v) is 3.03. The number of benzene rings is 2. The summed E-state index contributed by atoms with van der Waals surface area (Å²) < 4.78 is 0. The van der Waals surface area contributed by atoms with E-state index >= 15 is 0 Å². The lowest BCUT2D eigenvalue weighted by Crippen LogP contribution is -2.35. The number of urea groups is 1. The Morgan fingerprint density at radius 1 is 0.920 bits per heavy atom. The van der Waals surface area contributed by atoms with E-state index in [4.69, 9.17) is 23.2 Å². The number of imide groups is 2. The highest BCUT2D eigenvalue weighted by atomic mass is 35.5. The Kier molecular flexibility index (Phi) is 4.79. The molecule has 0 bridgehead atoms. The van der Waals surface area contributed by atoms with Crippen molar-refractivity contribution >= 4 is 41.0 Å². The SMILES string of the molecule is CC(c1ccccc1)N1C(=O)C(=O)N(Cc2ccc(Cl)c(Cl)c2)C1=O. The van der Waals surface area contributed by atoms with Crippen LogP contribution in [0.3, 0.4) is 0 Å². The van der Waals surface area contributed by atoms with Crippen molar-refractivity contribution in [3.05, 3.63) is 69.7 Å². The van der Waals surface area contributed by atoms with Crippen molar-refractivity contribution in [1.82, 2.24) is 9.80 Å². The van der Waals surface area contributed by atoms with Crippen molar-refractivity contribution in [3.63, 3.8) is 0 Å². The van der Waals surface area contributed by atoms with Crippen molar-refractivity contribution in [1.29, 1.82) is 0 Å². The molecular weight excluding hydrogens is 363 g/mol. The van der Waals surface area contributed by atoms with E-state index in [1.54, 1.807) is 37.3 Å². The van der Waals surface area contributed by atoms with Crippen LogP contribution < -0.4 is 0 Å². The van der Waals surface area contributed by atoms with Gasteiger partial charge in [0.15, 0.2) is 0 Å². The second-order valence-corrected chi connectivity index (χ2v) is 6.50. The van der Waals surface area contributed by atoms with E-state index in [-0.39, 0.29) is 6.54 Å². The second-order valence-electron chi connectivity index (χ2n) is 5.68. The van der Waals surface area contributed by atoms with E-state index in [1.165, 1.54) is 0 Å². The molecule has 7 heteroatoms. The molecule has 1 fully saturated rings. The molecule has 5 nitrogen and oxygen atoms in total. The van der Waals surface area contributed by atoms with Crippen LogP contribution in [-0.4, -0.2) is 27.6 Å². The van der Waals surface area contributed by atoms with Gasteiger partial charge in [-0.1, -0.05) is 59.6 Å². The van der Waals surface area contributed by atoms with Crippen LogP contribution in [0.15, 0.2) is 48.5 Å². The molecule has 0 aliphatic carbocycles. The van der Waals surface area contributed by atoms with Crippen LogP contribution in [0, 0.1) is 0 Å². The van der Waals surface area contributed by atoms with Crippen molar-refractivity contribution < 1.29 is 14.4 Å². The highest BCUT2D eigenvalue weighted by Crippen LogP contribution is 2.28. The molecule has 0 radical (unpaired) electrons. The summed E-state index contributed by atoms with van der Waals surface area (Å²) in [4.78, 5) is 39.1. The summed E-state index contributed by atoms with van der Waals surface area (Å²) >= 11 is 11.8. The molecule has 1 heterocycles. The molecule has 1 unspecified atom stereocenters. The van der Waals surface area contributed by atoms with E-state index in [0.717, 1.165) is 15.4 Å². The molecule has 2 aromatic rings. The molecule has 4 amide bonds. The fourth-order valence-electron chi connectivity index (χ4n) is 2.70. The molecule has 0 saturated carbocycles. The Bertz CT molecular complexity index is 855. The predicted molar refractivity (Wildman–Crippen MR) is 94.1 cm³/mol. The minimum Gasteiger partial charge on any atom is -0.263 e. The number of carbonyl (C=O) groups is 3. The zero-order valence-electron chi connectivity index (χ0n) is 13.3. The van der Waals surface area contributed by atoms with Gasteiger partial charge < -0.3 is 0 Å². The zero-order valence-corrected chi connectivity index (χ0v) is 14.8. The highest BCUT2D eigenvalue weighted by Gasteiger charge is 2.46. The maximum Gasteiger partial charge on any atom is 0.335 e. The van der Waals surface area contributed by atoms with Gasteiger partial charge in [0.25, 0.3) is 0 Å². The van der Waals surface area contributed by atoms with Gasteiger partial charge in [-0.3, -0.25) is 14.5 Å². The smallest absolute Gasteiger partial charge is 0.263 e. The van der Waals surface area contributed by atoms with Gasteiger partial charge >= 0.3 is 17.8 Å². The molecule has 0 N–H and O–H groups in total. The number of nitrogens with zero attached hydrogens (tertiary/aromatic N) is 2. The third-order valence-electron chi connectivity index (χ3n) is 4.08. The van der Waals surface area contributed by atoms with E-state index in [9.17, 15) is 14.4 Å². The largest absolute Gasteiger partial charge is 0.335 e. The Morgan fingerprint density at radius 3 is 2.24 bits per heavy atom. The zero-order chi connectivity index (χ0) is 18.1. The molecule has 3 rings (SSSR count). The molecular formula is C18H14Cl2N2O3. The summed E-state index contributed by atoms with van der Waals surface area (Å²) in [5.41, 5.74) is 1.38. The third kappa shape index (κ3) is 3.25. The Labute approximate surface area is 154 Å². The van der Waals surface area contributed by atoms with E-state index < -0.39 is 23.9 Å². The minimum absolute atomic E-state index is 0.0433. The lowest BCUT2D eigenvalue weighted by molar-refractivity contribution is -0.144. The monoisotopic (exact) mass is 376 g/mol. The minimum atomic E-state index is -0.848. The lowest BCUT2D eigenvalue weighted by atomic mass is 10.1. The van der Waals surface area contributed by atoms with Gasteiger partial charge in [-0.05, 0) is 30.2 Å². The lowest BCUT2D eigenvalue weighted by Gasteiger charge is -2.22. The molecule has 1 atom stereocenters. The Morgan fingerprint density at radius 2 is 1.60 bits per heavy atom. The van der Waals surface area contributed by atoms with Crippen LogP contribution in [0.2, 0.25) is 10.0 Å². The van der Waals surface area contributed by atoms with Crippen molar-refractivity contribution in [3.8, 4) is 0 Å². The summed E-state index contributed by atoms with van der Waals surface area (Å²) in [5.74, 6) is -1.68. The normalized spacial score (nSPS) is 15.9. The van der Waals surface area contributed by atoms with E-state index in [1.807, 2.05) is 18.2 Å². The van der Waals surface area contributed by atoms with Gasteiger partial charge in [-0.2, -0.15) is 0 Å². The quantitative estimate of drug-likeness (QED) is 0.597. The predicted octanol–water partition coefficient (Wildman–Crippen LogP) is 4.05.